The van der Waals surface area contributed by atoms with Crippen molar-refractivity contribution in [1.29, 1.82) is 0 Å². The van der Waals surface area contributed by atoms with Crippen molar-refractivity contribution in [3.05, 3.63) is 107 Å². The molecular weight excluding hydrogens is 334 g/mol. The largest absolute Gasteiger partial charge is 0.392 e. The van der Waals surface area contributed by atoms with E-state index in [1.807, 2.05) is 12.1 Å². The van der Waals surface area contributed by atoms with E-state index < -0.39 is 5.54 Å². The Bertz CT molecular complexity index is 818. The maximum Gasteiger partial charge on any atom is 0.0978 e. The molecule has 1 N–H and O–H groups in total. The second-order valence-electron chi connectivity index (χ2n) is 6.86. The van der Waals surface area contributed by atoms with Gasteiger partial charge >= 0.3 is 0 Å². The average Bonchev–Trinajstić information content (AvgIpc) is 2.77. The van der Waals surface area contributed by atoms with Crippen molar-refractivity contribution in [1.82, 2.24) is 4.90 Å². The van der Waals surface area contributed by atoms with Crippen molar-refractivity contribution in [2.24, 2.45) is 0 Å². The first-order valence-electron chi connectivity index (χ1n) is 9.50. The minimum absolute atomic E-state index is 0.0158. The van der Waals surface area contributed by atoms with Gasteiger partial charge in [0.15, 0.2) is 0 Å². The number of aliphatic hydroxyl groups is 1. The van der Waals surface area contributed by atoms with Crippen molar-refractivity contribution >= 4 is 0 Å². The topological polar surface area (TPSA) is 32.7 Å². The maximum atomic E-state index is 10.1. The van der Waals surface area contributed by atoms with Crippen LogP contribution in [0.2, 0.25) is 0 Å². The van der Waals surface area contributed by atoms with Gasteiger partial charge in [0.05, 0.1) is 25.4 Å². The molecule has 4 rings (SSSR count). The minimum atomic E-state index is -0.467. The quantitative estimate of drug-likeness (QED) is 0.703. The molecule has 3 aromatic rings. The van der Waals surface area contributed by atoms with Gasteiger partial charge in [-0.2, -0.15) is 0 Å². The fourth-order valence-corrected chi connectivity index (χ4v) is 4.28. The van der Waals surface area contributed by atoms with Crippen LogP contribution in [0.25, 0.3) is 0 Å². The third-order valence-corrected chi connectivity index (χ3v) is 5.45. The van der Waals surface area contributed by atoms with Gasteiger partial charge in [-0.25, -0.2) is 0 Å². The first kappa shape index (κ1) is 17.9. The molecule has 1 fully saturated rings. The van der Waals surface area contributed by atoms with Crippen LogP contribution in [0.5, 0.6) is 0 Å². The summed E-state index contributed by atoms with van der Waals surface area (Å²) in [7, 11) is 0. The Balaban J connectivity index is 2.06. The van der Waals surface area contributed by atoms with Crippen LogP contribution in [-0.2, 0) is 16.9 Å². The molecule has 3 aromatic carbocycles. The van der Waals surface area contributed by atoms with Gasteiger partial charge < -0.3 is 9.84 Å². The molecule has 0 spiro atoms. The summed E-state index contributed by atoms with van der Waals surface area (Å²) in [4.78, 5) is 2.50. The van der Waals surface area contributed by atoms with Crippen LogP contribution in [0.15, 0.2) is 84.9 Å². The van der Waals surface area contributed by atoms with Crippen molar-refractivity contribution in [2.75, 3.05) is 26.3 Å². The molecule has 0 atom stereocenters. The number of ether oxygens (including phenoxy) is 1. The second-order valence-corrected chi connectivity index (χ2v) is 6.86. The highest BCUT2D eigenvalue weighted by Gasteiger charge is 2.43. The van der Waals surface area contributed by atoms with Crippen LogP contribution in [0.4, 0.5) is 0 Å². The molecular formula is C24H25NO2. The van der Waals surface area contributed by atoms with Crippen LogP contribution in [-0.4, -0.2) is 36.3 Å². The van der Waals surface area contributed by atoms with E-state index in [1.54, 1.807) is 0 Å². The van der Waals surface area contributed by atoms with Crippen molar-refractivity contribution in [3.8, 4) is 0 Å². The van der Waals surface area contributed by atoms with E-state index in [0.717, 1.165) is 24.2 Å². The number of hydrogen-bond donors (Lipinski definition) is 1. The highest BCUT2D eigenvalue weighted by molar-refractivity contribution is 5.52. The Morgan fingerprint density at radius 2 is 1.26 bits per heavy atom. The highest BCUT2D eigenvalue weighted by atomic mass is 16.5. The van der Waals surface area contributed by atoms with E-state index >= 15 is 0 Å². The van der Waals surface area contributed by atoms with Gasteiger partial charge in [-0.05, 0) is 22.3 Å². The van der Waals surface area contributed by atoms with E-state index in [-0.39, 0.29) is 6.61 Å². The fraction of sp³-hybridized carbons (Fsp3) is 0.250. The van der Waals surface area contributed by atoms with E-state index in [4.69, 9.17) is 4.74 Å². The lowest BCUT2D eigenvalue weighted by Gasteiger charge is -2.47. The van der Waals surface area contributed by atoms with Crippen molar-refractivity contribution < 1.29 is 9.84 Å². The smallest absolute Gasteiger partial charge is 0.0978 e. The molecule has 27 heavy (non-hydrogen) atoms. The van der Waals surface area contributed by atoms with E-state index in [2.05, 4.69) is 77.7 Å². The number of rotatable bonds is 5. The number of morpholine rings is 1. The summed E-state index contributed by atoms with van der Waals surface area (Å²) in [5.41, 5.74) is 4.03. The van der Waals surface area contributed by atoms with Crippen molar-refractivity contribution in [3.63, 3.8) is 0 Å². The van der Waals surface area contributed by atoms with Crippen LogP contribution in [0.3, 0.4) is 0 Å². The molecule has 0 amide bonds. The van der Waals surface area contributed by atoms with Gasteiger partial charge in [-0.1, -0.05) is 84.9 Å². The van der Waals surface area contributed by atoms with Gasteiger partial charge in [0.25, 0.3) is 0 Å². The van der Waals surface area contributed by atoms with E-state index in [1.165, 1.54) is 11.1 Å². The average molecular weight is 359 g/mol. The summed E-state index contributed by atoms with van der Waals surface area (Å²) in [6.45, 7) is 3.11. The standard InChI is InChI=1S/C24H25NO2/c26-19-20-9-7-8-14-23(20)24(21-10-3-1-4-11-21,22-12-5-2-6-13-22)25-15-17-27-18-16-25/h1-14,26H,15-19H2. The minimum Gasteiger partial charge on any atom is -0.392 e. The van der Waals surface area contributed by atoms with Crippen LogP contribution < -0.4 is 0 Å². The SMILES string of the molecule is OCc1ccccc1C(c1ccccc1)(c1ccccc1)N1CCOCC1. The van der Waals surface area contributed by atoms with Gasteiger partial charge in [-0.15, -0.1) is 0 Å². The van der Waals surface area contributed by atoms with Gasteiger partial charge in [-0.3, -0.25) is 4.90 Å². The van der Waals surface area contributed by atoms with E-state index in [0.29, 0.717) is 13.2 Å². The molecule has 1 heterocycles. The Morgan fingerprint density at radius 3 is 1.81 bits per heavy atom. The summed E-state index contributed by atoms with van der Waals surface area (Å²) < 4.78 is 5.67. The number of hydrogen-bond acceptors (Lipinski definition) is 3. The first-order chi connectivity index (χ1) is 13.4. The second kappa shape index (κ2) is 8.05. The lowest BCUT2D eigenvalue weighted by Crippen LogP contribution is -2.53. The molecule has 3 heteroatoms. The van der Waals surface area contributed by atoms with Crippen LogP contribution in [0.1, 0.15) is 22.3 Å². The van der Waals surface area contributed by atoms with Gasteiger partial charge in [0.1, 0.15) is 0 Å². The molecule has 0 aromatic heterocycles. The maximum absolute atomic E-state index is 10.1. The molecule has 1 saturated heterocycles. The monoisotopic (exact) mass is 359 g/mol. The van der Waals surface area contributed by atoms with Crippen molar-refractivity contribution in [2.45, 2.75) is 12.1 Å². The third kappa shape index (κ3) is 3.19. The molecule has 1 aliphatic heterocycles. The zero-order valence-electron chi connectivity index (χ0n) is 15.4. The lowest BCUT2D eigenvalue weighted by molar-refractivity contribution is 0.00179. The molecule has 0 bridgehead atoms. The molecule has 3 nitrogen and oxygen atoms in total. The first-order valence-corrected chi connectivity index (χ1v) is 9.50. The number of benzene rings is 3. The van der Waals surface area contributed by atoms with Gasteiger partial charge in [0, 0.05) is 13.1 Å². The molecule has 1 aliphatic rings. The molecule has 138 valence electrons. The Hall–Kier alpha value is -2.46. The van der Waals surface area contributed by atoms with Crippen LogP contribution >= 0.6 is 0 Å². The summed E-state index contributed by atoms with van der Waals surface area (Å²) in [6, 6.07) is 29.5. The predicted molar refractivity (Wildman–Crippen MR) is 108 cm³/mol. The normalized spacial score (nSPS) is 15.6. The Morgan fingerprint density at radius 1 is 0.741 bits per heavy atom. The predicted octanol–water partition coefficient (Wildman–Crippen LogP) is 3.80. The summed E-state index contributed by atoms with van der Waals surface area (Å²) in [6.07, 6.45) is 0. The summed E-state index contributed by atoms with van der Waals surface area (Å²) >= 11 is 0. The molecule has 0 saturated carbocycles. The number of nitrogens with zero attached hydrogens (tertiary/aromatic N) is 1. The summed E-state index contributed by atoms with van der Waals surface area (Å²) in [5, 5.41) is 10.1. The Kier molecular flexibility index (Phi) is 5.35. The lowest BCUT2D eigenvalue weighted by atomic mass is 9.73. The Labute approximate surface area is 160 Å². The zero-order chi connectivity index (χ0) is 18.5. The fourth-order valence-electron chi connectivity index (χ4n) is 4.28. The third-order valence-electron chi connectivity index (χ3n) is 5.45. The molecule has 0 unspecified atom stereocenters. The zero-order valence-corrected chi connectivity index (χ0v) is 15.4. The summed E-state index contributed by atoms with van der Waals surface area (Å²) in [5.74, 6) is 0. The number of aliphatic hydroxyl groups excluding tert-OH is 1. The molecule has 0 aliphatic carbocycles. The van der Waals surface area contributed by atoms with Gasteiger partial charge in [0.2, 0.25) is 0 Å². The van der Waals surface area contributed by atoms with Crippen LogP contribution in [0, 0.1) is 0 Å². The molecule has 0 radical (unpaired) electrons. The van der Waals surface area contributed by atoms with E-state index in [9.17, 15) is 5.11 Å². The highest BCUT2D eigenvalue weighted by Crippen LogP contribution is 2.44.